The predicted molar refractivity (Wildman–Crippen MR) is 82.1 cm³/mol. The first-order valence-electron chi connectivity index (χ1n) is 6.36. The zero-order chi connectivity index (χ0) is 14.4. The Kier molecular flexibility index (Phi) is 5.56. The zero-order valence-corrected chi connectivity index (χ0v) is 12.7. The molecule has 1 N–H and O–H groups in total. The third kappa shape index (κ3) is 4.62. The summed E-state index contributed by atoms with van der Waals surface area (Å²) in [5.74, 6) is 1.53. The van der Waals surface area contributed by atoms with Gasteiger partial charge in [-0.1, -0.05) is 11.6 Å². The molecule has 1 amide bonds. The van der Waals surface area contributed by atoms with Crippen LogP contribution in [0, 0.1) is 0 Å². The first kappa shape index (κ1) is 15.0. The molecule has 0 saturated carbocycles. The van der Waals surface area contributed by atoms with Crippen LogP contribution in [0.3, 0.4) is 0 Å². The standard InChI is InChI=1S/C15H16ClNO2S/c1-11(14-3-2-9-19-14)17-15(18)8-10-20-13-6-4-12(16)5-7-13/h2-7,9,11H,8,10H2,1H3,(H,17,18)/t11-/m1/s1. The molecule has 0 radical (unpaired) electrons. The van der Waals surface area contributed by atoms with Gasteiger partial charge in [0.25, 0.3) is 0 Å². The lowest BCUT2D eigenvalue weighted by Gasteiger charge is -2.11. The second kappa shape index (κ2) is 7.41. The van der Waals surface area contributed by atoms with Crippen molar-refractivity contribution in [3.63, 3.8) is 0 Å². The summed E-state index contributed by atoms with van der Waals surface area (Å²) >= 11 is 7.46. The van der Waals surface area contributed by atoms with E-state index < -0.39 is 0 Å². The summed E-state index contributed by atoms with van der Waals surface area (Å²) in [6, 6.07) is 11.2. The van der Waals surface area contributed by atoms with E-state index in [1.807, 2.05) is 43.3 Å². The molecular weight excluding hydrogens is 294 g/mol. The molecule has 0 aliphatic carbocycles. The summed E-state index contributed by atoms with van der Waals surface area (Å²) in [5, 5.41) is 3.63. The SMILES string of the molecule is C[C@@H](NC(=O)CCSc1ccc(Cl)cc1)c1ccco1. The number of thioether (sulfide) groups is 1. The van der Waals surface area contributed by atoms with Gasteiger partial charge in [0.1, 0.15) is 5.76 Å². The second-order valence-corrected chi connectivity index (χ2v) is 5.96. The lowest BCUT2D eigenvalue weighted by molar-refractivity contribution is -0.121. The van der Waals surface area contributed by atoms with E-state index in [1.165, 1.54) is 0 Å². The van der Waals surface area contributed by atoms with Crippen molar-refractivity contribution in [1.82, 2.24) is 5.32 Å². The van der Waals surface area contributed by atoms with Crippen LogP contribution < -0.4 is 5.32 Å². The highest BCUT2D eigenvalue weighted by Gasteiger charge is 2.11. The highest BCUT2D eigenvalue weighted by Crippen LogP contribution is 2.21. The van der Waals surface area contributed by atoms with Crippen LogP contribution in [0.2, 0.25) is 5.02 Å². The minimum Gasteiger partial charge on any atom is -0.467 e. The summed E-state index contributed by atoms with van der Waals surface area (Å²) in [5.41, 5.74) is 0. The van der Waals surface area contributed by atoms with Crippen molar-refractivity contribution in [3.8, 4) is 0 Å². The Morgan fingerprint density at radius 3 is 2.75 bits per heavy atom. The Balaban J connectivity index is 1.71. The smallest absolute Gasteiger partial charge is 0.221 e. The number of rotatable bonds is 6. The number of benzene rings is 1. The van der Waals surface area contributed by atoms with Gasteiger partial charge in [0.05, 0.1) is 12.3 Å². The van der Waals surface area contributed by atoms with Crippen LogP contribution >= 0.6 is 23.4 Å². The summed E-state index contributed by atoms with van der Waals surface area (Å²) in [7, 11) is 0. The summed E-state index contributed by atoms with van der Waals surface area (Å²) < 4.78 is 5.25. The average molecular weight is 310 g/mol. The van der Waals surface area contributed by atoms with Crippen molar-refractivity contribution in [1.29, 1.82) is 0 Å². The van der Waals surface area contributed by atoms with E-state index in [2.05, 4.69) is 5.32 Å². The predicted octanol–water partition coefficient (Wildman–Crippen LogP) is 4.29. The molecule has 106 valence electrons. The molecule has 1 aromatic carbocycles. The lowest BCUT2D eigenvalue weighted by atomic mass is 10.2. The lowest BCUT2D eigenvalue weighted by Crippen LogP contribution is -2.26. The molecular formula is C15H16ClNO2S. The van der Waals surface area contributed by atoms with Gasteiger partial charge in [-0.25, -0.2) is 0 Å². The van der Waals surface area contributed by atoms with Crippen LogP contribution in [0.15, 0.2) is 52.0 Å². The number of hydrogen-bond acceptors (Lipinski definition) is 3. The summed E-state index contributed by atoms with van der Waals surface area (Å²) in [6.45, 7) is 1.91. The molecule has 20 heavy (non-hydrogen) atoms. The number of halogens is 1. The molecule has 5 heteroatoms. The summed E-state index contributed by atoms with van der Waals surface area (Å²) in [6.07, 6.45) is 2.08. The number of amides is 1. The molecule has 3 nitrogen and oxygen atoms in total. The average Bonchev–Trinajstić information content (AvgIpc) is 2.95. The van der Waals surface area contributed by atoms with Gasteiger partial charge >= 0.3 is 0 Å². The molecule has 0 aliphatic rings. The van der Waals surface area contributed by atoms with E-state index >= 15 is 0 Å². The fourth-order valence-electron chi connectivity index (χ4n) is 1.71. The van der Waals surface area contributed by atoms with Gasteiger partial charge in [0.15, 0.2) is 0 Å². The Morgan fingerprint density at radius 2 is 2.10 bits per heavy atom. The monoisotopic (exact) mass is 309 g/mol. The first-order chi connectivity index (χ1) is 9.65. The quantitative estimate of drug-likeness (QED) is 0.809. The van der Waals surface area contributed by atoms with Crippen molar-refractivity contribution >= 4 is 29.3 Å². The van der Waals surface area contributed by atoms with Crippen LogP contribution in [0.5, 0.6) is 0 Å². The van der Waals surface area contributed by atoms with Gasteiger partial charge in [0.2, 0.25) is 5.91 Å². The molecule has 1 heterocycles. The van der Waals surface area contributed by atoms with Gasteiger partial charge in [-0.2, -0.15) is 0 Å². The highest BCUT2D eigenvalue weighted by atomic mass is 35.5. The fraction of sp³-hybridized carbons (Fsp3) is 0.267. The van der Waals surface area contributed by atoms with Crippen LogP contribution in [0.4, 0.5) is 0 Å². The molecule has 0 fully saturated rings. The van der Waals surface area contributed by atoms with Crippen molar-refractivity contribution in [2.24, 2.45) is 0 Å². The topological polar surface area (TPSA) is 42.2 Å². The molecule has 2 aromatic rings. The molecule has 2 rings (SSSR count). The van der Waals surface area contributed by atoms with Gasteiger partial charge in [-0.3, -0.25) is 4.79 Å². The third-order valence-corrected chi connectivity index (χ3v) is 4.02. The van der Waals surface area contributed by atoms with Crippen LogP contribution in [0.25, 0.3) is 0 Å². The van der Waals surface area contributed by atoms with Gasteiger partial charge in [-0.15, -0.1) is 11.8 Å². The highest BCUT2D eigenvalue weighted by molar-refractivity contribution is 7.99. The fourth-order valence-corrected chi connectivity index (χ4v) is 2.69. The van der Waals surface area contributed by atoms with E-state index in [4.69, 9.17) is 16.0 Å². The Labute approximate surface area is 127 Å². The van der Waals surface area contributed by atoms with Gasteiger partial charge < -0.3 is 9.73 Å². The molecule has 1 aromatic heterocycles. The van der Waals surface area contributed by atoms with Crippen molar-refractivity contribution in [2.75, 3.05) is 5.75 Å². The number of hydrogen-bond donors (Lipinski definition) is 1. The number of carbonyl (C=O) groups is 1. The third-order valence-electron chi connectivity index (χ3n) is 2.76. The van der Waals surface area contributed by atoms with E-state index in [9.17, 15) is 4.79 Å². The molecule has 1 atom stereocenters. The minimum absolute atomic E-state index is 0.0235. The maximum atomic E-state index is 11.8. The van der Waals surface area contributed by atoms with Crippen LogP contribution in [-0.2, 0) is 4.79 Å². The molecule has 0 saturated heterocycles. The van der Waals surface area contributed by atoms with E-state index in [-0.39, 0.29) is 11.9 Å². The van der Waals surface area contributed by atoms with Crippen LogP contribution in [0.1, 0.15) is 25.1 Å². The van der Waals surface area contributed by atoms with Gasteiger partial charge in [-0.05, 0) is 43.3 Å². The van der Waals surface area contributed by atoms with Crippen molar-refractivity contribution in [3.05, 3.63) is 53.4 Å². The van der Waals surface area contributed by atoms with Crippen molar-refractivity contribution < 1.29 is 9.21 Å². The number of carbonyl (C=O) groups excluding carboxylic acids is 1. The second-order valence-electron chi connectivity index (χ2n) is 4.36. The Morgan fingerprint density at radius 1 is 1.35 bits per heavy atom. The van der Waals surface area contributed by atoms with Crippen LogP contribution in [-0.4, -0.2) is 11.7 Å². The minimum atomic E-state index is -0.0990. The number of furan rings is 1. The number of nitrogens with one attached hydrogen (secondary N) is 1. The first-order valence-corrected chi connectivity index (χ1v) is 7.72. The zero-order valence-electron chi connectivity index (χ0n) is 11.1. The van der Waals surface area contributed by atoms with Crippen molar-refractivity contribution in [2.45, 2.75) is 24.3 Å². The molecule has 0 aliphatic heterocycles. The normalized spacial score (nSPS) is 12.1. The van der Waals surface area contributed by atoms with E-state index in [0.717, 1.165) is 21.4 Å². The maximum Gasteiger partial charge on any atom is 0.221 e. The molecule has 0 bridgehead atoms. The van der Waals surface area contributed by atoms with Gasteiger partial charge in [0, 0.05) is 22.1 Å². The summed E-state index contributed by atoms with van der Waals surface area (Å²) in [4.78, 5) is 12.9. The Hall–Kier alpha value is -1.39. The maximum absolute atomic E-state index is 11.8. The molecule has 0 unspecified atom stereocenters. The van der Waals surface area contributed by atoms with E-state index in [1.54, 1.807) is 18.0 Å². The Bertz CT molecular complexity index is 540. The largest absolute Gasteiger partial charge is 0.467 e. The van der Waals surface area contributed by atoms with E-state index in [0.29, 0.717) is 6.42 Å². The molecule has 0 spiro atoms.